The number of carbonyl (C=O) groups is 1. The van der Waals surface area contributed by atoms with E-state index in [-0.39, 0.29) is 5.91 Å². The Morgan fingerprint density at radius 3 is 1.90 bits per heavy atom. The topological polar surface area (TPSA) is 23.6 Å². The fourth-order valence-corrected chi connectivity index (χ4v) is 3.72. The molecule has 0 atom stereocenters. The molecule has 0 radical (unpaired) electrons. The van der Waals surface area contributed by atoms with E-state index in [1.807, 2.05) is 77.7 Å². The van der Waals surface area contributed by atoms with Gasteiger partial charge in [0.15, 0.2) is 0 Å². The summed E-state index contributed by atoms with van der Waals surface area (Å²) in [4.78, 5) is 17.8. The van der Waals surface area contributed by atoms with Crippen LogP contribution in [0.15, 0.2) is 91.0 Å². The molecular formula is C26H26N2O. The second-order valence-electron chi connectivity index (χ2n) is 7.39. The highest BCUT2D eigenvalue weighted by atomic mass is 16.2. The van der Waals surface area contributed by atoms with Crippen molar-refractivity contribution in [1.82, 2.24) is 9.80 Å². The van der Waals surface area contributed by atoms with Crippen LogP contribution in [0.3, 0.4) is 0 Å². The Bertz CT molecular complexity index is 944. The van der Waals surface area contributed by atoms with Gasteiger partial charge >= 0.3 is 0 Å². The Kier molecular flexibility index (Phi) is 6.18. The average molecular weight is 383 g/mol. The van der Waals surface area contributed by atoms with Crippen molar-refractivity contribution in [3.8, 4) is 0 Å². The molecule has 0 saturated carbocycles. The second-order valence-corrected chi connectivity index (χ2v) is 7.39. The maximum absolute atomic E-state index is 13.4. The molecule has 1 heterocycles. The zero-order valence-corrected chi connectivity index (χ0v) is 16.6. The molecule has 1 aliphatic heterocycles. The molecule has 3 aromatic carbocycles. The maximum Gasteiger partial charge on any atom is 0.254 e. The summed E-state index contributed by atoms with van der Waals surface area (Å²) in [5.74, 6) is 0.111. The van der Waals surface area contributed by atoms with Crippen LogP contribution in [0.4, 0.5) is 0 Å². The van der Waals surface area contributed by atoms with Gasteiger partial charge < -0.3 is 4.90 Å². The van der Waals surface area contributed by atoms with Gasteiger partial charge in [0, 0.05) is 38.3 Å². The number of carbonyl (C=O) groups excluding carboxylic acids is 1. The Labute approximate surface area is 172 Å². The molecule has 0 bridgehead atoms. The lowest BCUT2D eigenvalue weighted by Gasteiger charge is -2.35. The molecule has 1 saturated heterocycles. The third-order valence-electron chi connectivity index (χ3n) is 5.33. The lowest BCUT2D eigenvalue weighted by Crippen LogP contribution is -2.48. The van der Waals surface area contributed by atoms with Crippen LogP contribution in [-0.2, 0) is 11.3 Å². The van der Waals surface area contributed by atoms with Crippen LogP contribution in [0.25, 0.3) is 11.6 Å². The van der Waals surface area contributed by atoms with Gasteiger partial charge in [-0.25, -0.2) is 0 Å². The van der Waals surface area contributed by atoms with Gasteiger partial charge in [0.2, 0.25) is 0 Å². The number of rotatable bonds is 5. The number of amides is 1. The molecule has 3 heteroatoms. The van der Waals surface area contributed by atoms with E-state index < -0.39 is 0 Å². The zero-order valence-electron chi connectivity index (χ0n) is 16.6. The van der Waals surface area contributed by atoms with Gasteiger partial charge in [-0.2, -0.15) is 0 Å². The van der Waals surface area contributed by atoms with E-state index in [9.17, 15) is 4.79 Å². The molecule has 3 nitrogen and oxygen atoms in total. The molecule has 29 heavy (non-hydrogen) atoms. The highest BCUT2D eigenvalue weighted by Gasteiger charge is 2.24. The monoisotopic (exact) mass is 382 g/mol. The number of nitrogens with zero attached hydrogens (tertiary/aromatic N) is 2. The minimum atomic E-state index is 0.111. The number of benzene rings is 3. The molecule has 1 aliphatic rings. The standard InChI is InChI=1S/C26H26N2O/c29-26(28-18-16-27(17-19-28)21-23-12-6-2-7-13-23)25(24-14-8-3-9-15-24)20-22-10-4-1-5-11-22/h1-15,20H,16-19,21H2/b25-20-. The quantitative estimate of drug-likeness (QED) is 0.477. The zero-order chi connectivity index (χ0) is 19.9. The van der Waals surface area contributed by atoms with Gasteiger partial charge in [-0.15, -0.1) is 0 Å². The fourth-order valence-electron chi connectivity index (χ4n) is 3.72. The first-order valence-electron chi connectivity index (χ1n) is 10.2. The van der Waals surface area contributed by atoms with Crippen molar-refractivity contribution in [2.24, 2.45) is 0 Å². The van der Waals surface area contributed by atoms with Crippen molar-refractivity contribution in [3.63, 3.8) is 0 Å². The van der Waals surface area contributed by atoms with Gasteiger partial charge in [0.05, 0.1) is 0 Å². The highest BCUT2D eigenvalue weighted by Crippen LogP contribution is 2.22. The third-order valence-corrected chi connectivity index (χ3v) is 5.33. The van der Waals surface area contributed by atoms with E-state index in [1.165, 1.54) is 5.56 Å². The first-order valence-corrected chi connectivity index (χ1v) is 10.2. The van der Waals surface area contributed by atoms with E-state index in [0.29, 0.717) is 0 Å². The predicted octanol–water partition coefficient (Wildman–Crippen LogP) is 4.57. The van der Waals surface area contributed by atoms with Gasteiger partial charge in [-0.3, -0.25) is 9.69 Å². The van der Waals surface area contributed by atoms with Crippen molar-refractivity contribution in [1.29, 1.82) is 0 Å². The third kappa shape index (κ3) is 5.01. The van der Waals surface area contributed by atoms with Crippen LogP contribution in [0.5, 0.6) is 0 Å². The number of hydrogen-bond donors (Lipinski definition) is 0. The van der Waals surface area contributed by atoms with Gasteiger partial charge in [-0.05, 0) is 22.8 Å². The summed E-state index contributed by atoms with van der Waals surface area (Å²) in [6.45, 7) is 4.24. The van der Waals surface area contributed by atoms with Crippen LogP contribution in [-0.4, -0.2) is 41.9 Å². The van der Waals surface area contributed by atoms with Crippen LogP contribution >= 0.6 is 0 Å². The van der Waals surface area contributed by atoms with Crippen molar-refractivity contribution in [3.05, 3.63) is 108 Å². The Hall–Kier alpha value is -3.17. The number of piperazine rings is 1. The van der Waals surface area contributed by atoms with Crippen molar-refractivity contribution in [2.75, 3.05) is 26.2 Å². The Morgan fingerprint density at radius 2 is 1.28 bits per heavy atom. The minimum Gasteiger partial charge on any atom is -0.336 e. The summed E-state index contributed by atoms with van der Waals surface area (Å²) in [5.41, 5.74) is 4.09. The molecule has 3 aromatic rings. The molecule has 1 amide bonds. The smallest absolute Gasteiger partial charge is 0.254 e. The fraction of sp³-hybridized carbons (Fsp3) is 0.192. The molecule has 0 N–H and O–H groups in total. The van der Waals surface area contributed by atoms with Crippen LogP contribution in [0, 0.1) is 0 Å². The van der Waals surface area contributed by atoms with Crippen LogP contribution in [0.2, 0.25) is 0 Å². The molecule has 4 rings (SSSR count). The van der Waals surface area contributed by atoms with Crippen molar-refractivity contribution >= 4 is 17.6 Å². The van der Waals surface area contributed by atoms with Gasteiger partial charge in [0.1, 0.15) is 0 Å². The molecule has 0 unspecified atom stereocenters. The summed E-state index contributed by atoms with van der Waals surface area (Å²) in [5, 5.41) is 0. The molecular weight excluding hydrogens is 356 g/mol. The predicted molar refractivity (Wildman–Crippen MR) is 119 cm³/mol. The van der Waals surface area contributed by atoms with Crippen LogP contribution < -0.4 is 0 Å². The Balaban J connectivity index is 1.48. The summed E-state index contributed by atoms with van der Waals surface area (Å²) >= 11 is 0. The summed E-state index contributed by atoms with van der Waals surface area (Å²) in [6, 6.07) is 30.6. The summed E-state index contributed by atoms with van der Waals surface area (Å²) in [6.07, 6.45) is 2.01. The van der Waals surface area contributed by atoms with Crippen molar-refractivity contribution in [2.45, 2.75) is 6.54 Å². The van der Waals surface area contributed by atoms with Gasteiger partial charge in [0.25, 0.3) is 5.91 Å². The maximum atomic E-state index is 13.4. The molecule has 0 aliphatic carbocycles. The van der Waals surface area contributed by atoms with E-state index in [4.69, 9.17) is 0 Å². The minimum absolute atomic E-state index is 0.111. The normalized spacial score (nSPS) is 15.3. The highest BCUT2D eigenvalue weighted by molar-refractivity contribution is 6.24. The van der Waals surface area contributed by atoms with Gasteiger partial charge in [-0.1, -0.05) is 91.0 Å². The lowest BCUT2D eigenvalue weighted by atomic mass is 10.0. The molecule has 0 aromatic heterocycles. The van der Waals surface area contributed by atoms with E-state index in [2.05, 4.69) is 29.2 Å². The average Bonchev–Trinajstić information content (AvgIpc) is 2.79. The van der Waals surface area contributed by atoms with Crippen molar-refractivity contribution < 1.29 is 4.79 Å². The first-order chi connectivity index (χ1) is 14.3. The van der Waals surface area contributed by atoms with E-state index in [0.717, 1.165) is 49.4 Å². The largest absolute Gasteiger partial charge is 0.336 e. The Morgan fingerprint density at radius 1 is 0.724 bits per heavy atom. The molecule has 0 spiro atoms. The summed E-state index contributed by atoms with van der Waals surface area (Å²) < 4.78 is 0. The first kappa shape index (κ1) is 19.2. The van der Waals surface area contributed by atoms with E-state index >= 15 is 0 Å². The SMILES string of the molecule is O=C(/C(=C\c1ccccc1)c1ccccc1)N1CCN(Cc2ccccc2)CC1. The van der Waals surface area contributed by atoms with E-state index in [1.54, 1.807) is 0 Å². The lowest BCUT2D eigenvalue weighted by molar-refractivity contribution is -0.126. The van der Waals surface area contributed by atoms with Crippen LogP contribution in [0.1, 0.15) is 16.7 Å². The molecule has 146 valence electrons. The molecule has 1 fully saturated rings. The second kappa shape index (κ2) is 9.35. The number of hydrogen-bond acceptors (Lipinski definition) is 2. The summed E-state index contributed by atoms with van der Waals surface area (Å²) in [7, 11) is 0.